The second kappa shape index (κ2) is 12.6. The van der Waals surface area contributed by atoms with E-state index in [2.05, 4.69) is 25.4 Å². The van der Waals surface area contributed by atoms with Gasteiger partial charge in [-0.1, -0.05) is 18.2 Å². The fourth-order valence-electron chi connectivity index (χ4n) is 4.65. The number of benzene rings is 3. The molecule has 220 valence electrons. The molecule has 1 fully saturated rings. The van der Waals surface area contributed by atoms with Crippen molar-refractivity contribution in [1.82, 2.24) is 19.8 Å². The van der Waals surface area contributed by atoms with Crippen molar-refractivity contribution in [1.29, 1.82) is 0 Å². The number of likely N-dealkylation sites (tertiary alicyclic amines) is 1. The van der Waals surface area contributed by atoms with Gasteiger partial charge >= 0.3 is 0 Å². The molecule has 0 saturated carbocycles. The fraction of sp³-hybridized carbons (Fsp3) is 0.276. The number of thiol groups is 1. The van der Waals surface area contributed by atoms with E-state index in [1.807, 2.05) is 20.2 Å². The molecule has 0 spiro atoms. The minimum absolute atomic E-state index is 0.0605. The molecule has 2 heterocycles. The van der Waals surface area contributed by atoms with Crippen molar-refractivity contribution in [2.45, 2.75) is 6.04 Å². The molecule has 12 nitrogen and oxygen atoms in total. The lowest BCUT2D eigenvalue weighted by Gasteiger charge is -2.42. The Labute approximate surface area is 246 Å². The second-order valence-corrected chi connectivity index (χ2v) is 10.9. The minimum atomic E-state index is -3.22. The summed E-state index contributed by atoms with van der Waals surface area (Å²) in [6, 6.07) is 19.4. The highest BCUT2D eigenvalue weighted by atomic mass is 32.2. The Morgan fingerprint density at radius 2 is 1.60 bits per heavy atom. The number of methoxy groups -OCH3 is 2. The van der Waals surface area contributed by atoms with Crippen LogP contribution in [0.15, 0.2) is 66.7 Å². The number of hydrogen-bond acceptors (Lipinski definition) is 10. The number of nitrogens with zero attached hydrogens (tertiary/aromatic N) is 5. The third kappa shape index (κ3) is 6.54. The first-order chi connectivity index (χ1) is 20.2. The van der Waals surface area contributed by atoms with Crippen LogP contribution in [-0.4, -0.2) is 88.1 Å². The number of carbonyl (C=O) groups is 1. The third-order valence-corrected chi connectivity index (χ3v) is 7.69. The van der Waals surface area contributed by atoms with Crippen LogP contribution in [0, 0.1) is 0 Å². The highest BCUT2D eigenvalue weighted by Gasteiger charge is 2.29. The van der Waals surface area contributed by atoms with Crippen LogP contribution in [0.3, 0.4) is 0 Å². The summed E-state index contributed by atoms with van der Waals surface area (Å²) in [5, 5.41) is 6.07. The summed E-state index contributed by atoms with van der Waals surface area (Å²) in [7, 11) is 3.91. The number of rotatable bonds is 11. The molecule has 4 aromatic rings. The maximum Gasteiger partial charge on any atom is 0.238 e. The Kier molecular flexibility index (Phi) is 8.71. The van der Waals surface area contributed by atoms with Crippen LogP contribution < -0.4 is 24.4 Å². The molecule has 1 aliphatic heterocycles. The van der Waals surface area contributed by atoms with Crippen LogP contribution in [0.25, 0.3) is 11.0 Å². The van der Waals surface area contributed by atoms with Gasteiger partial charge in [-0.05, 0) is 44.4 Å². The summed E-state index contributed by atoms with van der Waals surface area (Å²) in [6.07, 6.45) is 0. The first-order valence-corrected chi connectivity index (χ1v) is 14.4. The molecular formula is C29H33N7O5S. The van der Waals surface area contributed by atoms with Crippen molar-refractivity contribution in [2.75, 3.05) is 62.9 Å². The van der Waals surface area contributed by atoms with Gasteiger partial charge in [-0.2, -0.15) is 0 Å². The average molecular weight is 592 g/mol. The summed E-state index contributed by atoms with van der Waals surface area (Å²) in [4.78, 5) is 26.3. The third-order valence-electron chi connectivity index (χ3n) is 6.94. The first-order valence-electron chi connectivity index (χ1n) is 13.2. The molecule has 0 unspecified atom stereocenters. The molecular weight excluding hydrogens is 558 g/mol. The number of carbonyl (C=O) groups excluding carboxylic acids is 1. The largest absolute Gasteiger partial charge is 0.497 e. The van der Waals surface area contributed by atoms with E-state index in [1.54, 1.807) is 74.9 Å². The van der Waals surface area contributed by atoms with E-state index >= 15 is 0 Å². The standard InChI is InChI=1S/C29H33N7O5S/c1-34(2)22-16-35(17-22)18-27(37)30-19-8-7-9-21(12-19)36(42(38)39)29-28(32-25-10-5-6-11-26(25)33-29)31-20-13-23(40-3)15-24(14-20)41-4/h5-15,22,42H,16-18H2,1-4H3,(H,30,37)(H,31,32). The monoisotopic (exact) mass is 591 g/mol. The molecule has 1 amide bonds. The molecule has 13 heteroatoms. The number of anilines is 5. The molecule has 42 heavy (non-hydrogen) atoms. The molecule has 5 rings (SSSR count). The van der Waals surface area contributed by atoms with E-state index in [0.717, 1.165) is 17.4 Å². The second-order valence-electron chi connectivity index (χ2n) is 10.1. The quantitative estimate of drug-likeness (QED) is 0.224. The number of hydrogen-bond donors (Lipinski definition) is 3. The van der Waals surface area contributed by atoms with Crippen molar-refractivity contribution >= 4 is 56.5 Å². The zero-order valence-electron chi connectivity index (χ0n) is 23.8. The average Bonchev–Trinajstić information content (AvgIpc) is 2.94. The van der Waals surface area contributed by atoms with Gasteiger partial charge in [-0.3, -0.25) is 9.69 Å². The van der Waals surface area contributed by atoms with Crippen LogP contribution in [0.2, 0.25) is 0 Å². The predicted octanol–water partition coefficient (Wildman–Crippen LogP) is 3.24. The fourth-order valence-corrected chi connectivity index (χ4v) is 5.26. The zero-order chi connectivity index (χ0) is 29.8. The van der Waals surface area contributed by atoms with Crippen molar-refractivity contribution in [2.24, 2.45) is 0 Å². The molecule has 0 bridgehead atoms. The highest BCUT2D eigenvalue weighted by molar-refractivity contribution is 7.74. The Bertz CT molecular complexity index is 1640. The van der Waals surface area contributed by atoms with E-state index in [-0.39, 0.29) is 29.8 Å². The van der Waals surface area contributed by atoms with Crippen LogP contribution in [0.5, 0.6) is 11.5 Å². The van der Waals surface area contributed by atoms with E-state index in [1.165, 1.54) is 0 Å². The minimum Gasteiger partial charge on any atom is -0.497 e. The molecule has 1 aromatic heterocycles. The lowest BCUT2D eigenvalue weighted by Crippen LogP contribution is -2.58. The molecule has 1 aliphatic rings. The van der Waals surface area contributed by atoms with Crippen molar-refractivity contribution < 1.29 is 22.7 Å². The molecule has 1 saturated heterocycles. The maximum atomic E-state index is 12.8. The smallest absolute Gasteiger partial charge is 0.238 e. The molecule has 0 radical (unpaired) electrons. The number of para-hydroxylation sites is 2. The Hall–Kier alpha value is -4.46. The van der Waals surface area contributed by atoms with E-state index in [9.17, 15) is 13.2 Å². The van der Waals surface area contributed by atoms with Crippen LogP contribution in [-0.2, 0) is 15.7 Å². The Balaban J connectivity index is 1.47. The van der Waals surface area contributed by atoms with Gasteiger partial charge in [0.15, 0.2) is 11.6 Å². The first kappa shape index (κ1) is 29.0. The number of amides is 1. The van der Waals surface area contributed by atoms with Gasteiger partial charge < -0.3 is 25.0 Å². The van der Waals surface area contributed by atoms with Crippen LogP contribution in [0.1, 0.15) is 0 Å². The summed E-state index contributed by atoms with van der Waals surface area (Å²) in [6.45, 7) is 1.89. The normalized spacial score (nSPS) is 13.7. The summed E-state index contributed by atoms with van der Waals surface area (Å²) in [5.41, 5.74) is 2.39. The van der Waals surface area contributed by atoms with Crippen LogP contribution in [0.4, 0.5) is 28.7 Å². The number of nitrogens with one attached hydrogen (secondary N) is 2. The van der Waals surface area contributed by atoms with E-state index in [4.69, 9.17) is 14.5 Å². The predicted molar refractivity (Wildman–Crippen MR) is 164 cm³/mol. The maximum absolute atomic E-state index is 12.8. The Morgan fingerprint density at radius 3 is 2.21 bits per heavy atom. The number of fused-ring (bicyclic) bond motifs is 1. The van der Waals surface area contributed by atoms with Gasteiger partial charge in [0.05, 0.1) is 37.5 Å². The number of ether oxygens (including phenoxy) is 2. The number of aromatic nitrogens is 2. The molecule has 3 aromatic carbocycles. The van der Waals surface area contributed by atoms with Crippen molar-refractivity contribution in [3.05, 3.63) is 66.7 Å². The summed E-state index contributed by atoms with van der Waals surface area (Å²) < 4.78 is 37.4. The molecule has 0 aliphatic carbocycles. The van der Waals surface area contributed by atoms with E-state index in [0.29, 0.717) is 39.9 Å². The van der Waals surface area contributed by atoms with Crippen molar-refractivity contribution in [3.63, 3.8) is 0 Å². The van der Waals surface area contributed by atoms with Gasteiger partial charge in [-0.15, -0.1) is 0 Å². The number of likely N-dealkylation sites (N-methyl/N-ethyl adjacent to an activating group) is 1. The topological polar surface area (TPSA) is 129 Å². The Morgan fingerprint density at radius 1 is 0.929 bits per heavy atom. The molecule has 2 N–H and O–H groups in total. The van der Waals surface area contributed by atoms with Gasteiger partial charge in [0.25, 0.3) is 0 Å². The van der Waals surface area contributed by atoms with Gasteiger partial charge in [0.2, 0.25) is 16.8 Å². The van der Waals surface area contributed by atoms with Gasteiger partial charge in [-0.25, -0.2) is 22.7 Å². The summed E-state index contributed by atoms with van der Waals surface area (Å²) >= 11 is 0. The SMILES string of the molecule is COc1cc(Nc2nc3ccccc3nc2N(c2cccc(NC(=O)CN3CC(N(C)C)C3)c2)[SH](=O)=O)cc(OC)c1. The van der Waals surface area contributed by atoms with Crippen LogP contribution >= 0.6 is 0 Å². The summed E-state index contributed by atoms with van der Waals surface area (Å²) in [5.74, 6) is 1.16. The zero-order valence-corrected chi connectivity index (χ0v) is 24.7. The highest BCUT2D eigenvalue weighted by Crippen LogP contribution is 2.35. The van der Waals surface area contributed by atoms with Gasteiger partial charge in [0.1, 0.15) is 11.5 Å². The van der Waals surface area contributed by atoms with Crippen molar-refractivity contribution in [3.8, 4) is 11.5 Å². The molecule has 0 atom stereocenters. The van der Waals surface area contributed by atoms with E-state index < -0.39 is 10.9 Å². The van der Waals surface area contributed by atoms with Gasteiger partial charge in [0, 0.05) is 48.7 Å². The lowest BCUT2D eigenvalue weighted by molar-refractivity contribution is -0.119. The lowest BCUT2D eigenvalue weighted by atomic mass is 10.1.